The first-order valence-electron chi connectivity index (χ1n) is 16.0. The lowest BCUT2D eigenvalue weighted by atomic mass is 9.51. The van der Waals surface area contributed by atoms with Crippen LogP contribution in [0.25, 0.3) is 0 Å². The third kappa shape index (κ3) is 4.89. The molecule has 0 radical (unpaired) electrons. The van der Waals surface area contributed by atoms with Gasteiger partial charge < -0.3 is 10.0 Å². The van der Waals surface area contributed by atoms with Crippen LogP contribution in [0, 0.1) is 55.1 Å². The highest BCUT2D eigenvalue weighted by Gasteiger charge is 2.68. The molecule has 2 saturated heterocycles. The molecule has 14 nitrogen and oxygen atoms in total. The minimum Gasteiger partial charge on any atom is -0.508 e. The number of hydrogen-bond donors (Lipinski definition) is 1. The van der Waals surface area contributed by atoms with E-state index in [-0.39, 0.29) is 51.3 Å². The van der Waals surface area contributed by atoms with Crippen molar-refractivity contribution in [3.8, 4) is 5.75 Å². The predicted octanol–water partition coefficient (Wildman–Crippen LogP) is 6.16. The highest BCUT2D eigenvalue weighted by atomic mass is 35.5. The highest BCUT2D eigenvalue weighted by Crippen LogP contribution is 2.64. The number of anilines is 3. The van der Waals surface area contributed by atoms with E-state index in [4.69, 9.17) is 23.2 Å². The van der Waals surface area contributed by atoms with E-state index in [1.807, 2.05) is 0 Å². The van der Waals surface area contributed by atoms with Gasteiger partial charge in [0.1, 0.15) is 11.6 Å². The SMILES string of the molecule is CN(C)c1c([N+](=O)[O-])cc(N2C(=O)C3CC=C4C(CC5C(=O)N(c6ccc(F)c(Cl)c6)C(=O)C5(C)C4c4cc(Cl)ccc4O)C3C2=O)cc1[N+](=O)[O-]. The lowest BCUT2D eigenvalue weighted by Gasteiger charge is -2.49. The number of fused-ring (bicyclic) bond motifs is 4. The Morgan fingerprint density at radius 2 is 1.54 bits per heavy atom. The molecule has 1 saturated carbocycles. The van der Waals surface area contributed by atoms with Crippen LogP contribution in [-0.2, 0) is 19.2 Å². The fourth-order valence-corrected chi connectivity index (χ4v) is 9.05. The average Bonchev–Trinajstić information content (AvgIpc) is 3.45. The maximum absolute atomic E-state index is 14.5. The van der Waals surface area contributed by atoms with Crippen molar-refractivity contribution in [1.29, 1.82) is 0 Å². The van der Waals surface area contributed by atoms with Crippen molar-refractivity contribution in [3.63, 3.8) is 0 Å². The van der Waals surface area contributed by atoms with E-state index < -0.39 is 85.7 Å². The smallest absolute Gasteiger partial charge is 0.301 e. The van der Waals surface area contributed by atoms with Gasteiger partial charge in [-0.1, -0.05) is 34.9 Å². The van der Waals surface area contributed by atoms with Crippen molar-refractivity contribution in [2.24, 2.45) is 29.1 Å². The van der Waals surface area contributed by atoms with Crippen LogP contribution in [-0.4, -0.2) is 52.7 Å². The molecule has 7 rings (SSSR count). The van der Waals surface area contributed by atoms with E-state index in [1.165, 1.54) is 43.3 Å². The Morgan fingerprint density at radius 1 is 0.885 bits per heavy atom. The summed E-state index contributed by atoms with van der Waals surface area (Å²) in [5.74, 6) is -9.01. The third-order valence-electron chi connectivity index (χ3n) is 10.9. The molecule has 6 atom stereocenters. The van der Waals surface area contributed by atoms with Gasteiger partial charge in [-0.15, -0.1) is 0 Å². The van der Waals surface area contributed by atoms with E-state index in [2.05, 4.69) is 0 Å². The number of halogens is 3. The van der Waals surface area contributed by atoms with Gasteiger partial charge in [-0.05, 0) is 62.1 Å². The van der Waals surface area contributed by atoms with Gasteiger partial charge >= 0.3 is 11.4 Å². The van der Waals surface area contributed by atoms with E-state index in [0.717, 1.165) is 34.1 Å². The predicted molar refractivity (Wildman–Crippen MR) is 186 cm³/mol. The summed E-state index contributed by atoms with van der Waals surface area (Å²) in [6, 6.07) is 9.55. The molecule has 3 aromatic rings. The molecule has 3 aromatic carbocycles. The van der Waals surface area contributed by atoms with E-state index in [1.54, 1.807) is 13.0 Å². The Labute approximate surface area is 304 Å². The Balaban J connectivity index is 1.37. The highest BCUT2D eigenvalue weighted by molar-refractivity contribution is 6.32. The average molecular weight is 753 g/mol. The van der Waals surface area contributed by atoms with E-state index >= 15 is 0 Å². The van der Waals surface area contributed by atoms with Crippen LogP contribution in [0.5, 0.6) is 5.75 Å². The number of hydrogen-bond acceptors (Lipinski definition) is 10. The minimum absolute atomic E-state index is 0.0172. The summed E-state index contributed by atoms with van der Waals surface area (Å²) < 4.78 is 14.1. The summed E-state index contributed by atoms with van der Waals surface area (Å²) in [5.41, 5.74) is -2.91. The number of rotatable bonds is 6. The lowest BCUT2D eigenvalue weighted by Crippen LogP contribution is -2.48. The standard InChI is InChI=1S/C35H28Cl2FN5O9/c1-35-22(32(46)41(34(35)48)16-5-8-24(38)23(37)11-16)14-20-18(29(35)21-10-15(36)4-9-27(21)44)6-7-19-28(20)33(47)40(31(19)45)17-12-25(42(49)50)30(39(2)3)26(13-17)43(51)52/h4-6,8-13,19-20,22,28-29,44H,7,14H2,1-3H3. The molecule has 52 heavy (non-hydrogen) atoms. The van der Waals surface area contributed by atoms with Gasteiger partial charge in [-0.25, -0.2) is 14.2 Å². The molecule has 0 bridgehead atoms. The summed E-state index contributed by atoms with van der Waals surface area (Å²) in [6.45, 7) is 1.58. The van der Waals surface area contributed by atoms with Gasteiger partial charge in [0.05, 0.1) is 49.4 Å². The second-order valence-corrected chi connectivity index (χ2v) is 14.6. The number of nitro groups is 2. The number of allylic oxidation sites excluding steroid dienone is 2. The molecule has 268 valence electrons. The quantitative estimate of drug-likeness (QED) is 0.132. The Morgan fingerprint density at radius 3 is 2.13 bits per heavy atom. The summed E-state index contributed by atoms with van der Waals surface area (Å²) in [7, 11) is 2.77. The normalized spacial score (nSPS) is 26.6. The molecule has 17 heteroatoms. The van der Waals surface area contributed by atoms with Crippen LogP contribution < -0.4 is 14.7 Å². The maximum Gasteiger partial charge on any atom is 0.301 e. The second-order valence-electron chi connectivity index (χ2n) is 13.7. The number of amides is 4. The van der Waals surface area contributed by atoms with Crippen molar-refractivity contribution in [1.82, 2.24) is 0 Å². The molecular formula is C35H28Cl2FN5O9. The number of phenols is 1. The molecule has 2 aliphatic carbocycles. The fourth-order valence-electron chi connectivity index (χ4n) is 8.70. The zero-order chi connectivity index (χ0) is 37.7. The zero-order valence-corrected chi connectivity index (χ0v) is 29.1. The first kappa shape index (κ1) is 35.0. The summed E-state index contributed by atoms with van der Waals surface area (Å²) in [4.78, 5) is 82.7. The number of carbonyl (C=O) groups excluding carboxylic acids is 4. The molecule has 4 amide bonds. The number of nitro benzene ring substituents is 2. The largest absolute Gasteiger partial charge is 0.508 e. The first-order valence-corrected chi connectivity index (χ1v) is 16.8. The van der Waals surface area contributed by atoms with Crippen LogP contribution >= 0.6 is 23.2 Å². The van der Waals surface area contributed by atoms with Crippen LogP contribution in [0.2, 0.25) is 10.0 Å². The molecule has 0 spiro atoms. The van der Waals surface area contributed by atoms with Gasteiger partial charge in [-0.3, -0.25) is 39.4 Å². The molecule has 1 N–H and O–H groups in total. The topological polar surface area (TPSA) is 185 Å². The van der Waals surface area contributed by atoms with Crippen molar-refractivity contribution >= 4 is 75.3 Å². The van der Waals surface area contributed by atoms with Crippen molar-refractivity contribution in [3.05, 3.63) is 102 Å². The number of imide groups is 2. The van der Waals surface area contributed by atoms with E-state index in [0.29, 0.717) is 5.57 Å². The van der Waals surface area contributed by atoms with Gasteiger partial charge in [0.2, 0.25) is 23.6 Å². The summed E-state index contributed by atoms with van der Waals surface area (Å²) >= 11 is 12.4. The van der Waals surface area contributed by atoms with E-state index in [9.17, 15) is 48.9 Å². The maximum atomic E-state index is 14.5. The Bertz CT molecular complexity index is 2180. The van der Waals surface area contributed by atoms with Crippen LogP contribution in [0.15, 0.2) is 60.2 Å². The number of nitrogens with zero attached hydrogens (tertiary/aromatic N) is 5. The number of phenolic OH excluding ortho intramolecular Hbond substituents is 1. The first-order chi connectivity index (χ1) is 24.5. The molecule has 3 fully saturated rings. The second kappa shape index (κ2) is 12.1. The van der Waals surface area contributed by atoms with Crippen molar-refractivity contribution < 1.29 is 38.5 Å². The van der Waals surface area contributed by atoms with Gasteiger partial charge in [-0.2, -0.15) is 0 Å². The number of aromatic hydroxyl groups is 1. The Hall–Kier alpha value is -5.41. The number of benzene rings is 3. The molecule has 0 aromatic heterocycles. The monoisotopic (exact) mass is 751 g/mol. The molecule has 2 heterocycles. The lowest BCUT2D eigenvalue weighted by molar-refractivity contribution is -0.392. The van der Waals surface area contributed by atoms with Crippen molar-refractivity contribution in [2.45, 2.75) is 25.7 Å². The zero-order valence-electron chi connectivity index (χ0n) is 27.6. The van der Waals surface area contributed by atoms with Gasteiger partial charge in [0.25, 0.3) is 0 Å². The summed E-state index contributed by atoms with van der Waals surface area (Å²) in [6.07, 6.45) is 1.60. The number of carbonyl (C=O) groups is 4. The summed E-state index contributed by atoms with van der Waals surface area (Å²) in [5, 5.41) is 35.3. The molecule has 2 aliphatic heterocycles. The van der Waals surface area contributed by atoms with Crippen LogP contribution in [0.1, 0.15) is 31.2 Å². The van der Waals surface area contributed by atoms with Crippen LogP contribution in [0.3, 0.4) is 0 Å². The van der Waals surface area contributed by atoms with Crippen molar-refractivity contribution in [2.75, 3.05) is 28.8 Å². The minimum atomic E-state index is -1.57. The fraction of sp³-hybridized carbons (Fsp3) is 0.314. The molecular weight excluding hydrogens is 724 g/mol. The Kier molecular flexibility index (Phi) is 8.14. The molecule has 4 aliphatic rings. The third-order valence-corrected chi connectivity index (χ3v) is 11.4. The van der Waals surface area contributed by atoms with Gasteiger partial charge in [0.15, 0.2) is 5.69 Å². The molecule has 6 unspecified atom stereocenters. The van der Waals surface area contributed by atoms with Gasteiger partial charge in [0, 0.05) is 42.7 Å². The van der Waals surface area contributed by atoms with Crippen LogP contribution in [0.4, 0.5) is 32.8 Å².